The minimum absolute atomic E-state index is 0.159. The second-order valence-electron chi connectivity index (χ2n) is 8.50. The summed E-state index contributed by atoms with van der Waals surface area (Å²) < 4.78 is 46.2. The Morgan fingerprint density at radius 1 is 0.921 bits per heavy atom. The minimum atomic E-state index is -1.51. The lowest BCUT2D eigenvalue weighted by molar-refractivity contribution is -0.139. The highest BCUT2D eigenvalue weighted by Gasteiger charge is 2.19. The molecule has 4 rings (SSSR count). The first-order valence-electron chi connectivity index (χ1n) is 11.4. The highest BCUT2D eigenvalue weighted by Crippen LogP contribution is 2.42. The van der Waals surface area contributed by atoms with Gasteiger partial charge in [0.15, 0.2) is 24.1 Å². The molecule has 9 heteroatoms. The summed E-state index contributed by atoms with van der Waals surface area (Å²) in [4.78, 5) is 11.7. The molecule has 0 aromatic heterocycles. The van der Waals surface area contributed by atoms with Gasteiger partial charge in [-0.25, -0.2) is 18.0 Å². The average Bonchev–Trinajstić information content (AvgIpc) is 2.88. The highest BCUT2D eigenvalue weighted by atomic mass is 35.5. The van der Waals surface area contributed by atoms with Gasteiger partial charge in [0, 0.05) is 20.2 Å². The Hall–Kier alpha value is -3.13. The third-order valence-electron chi connectivity index (χ3n) is 5.83. The van der Waals surface area contributed by atoms with Gasteiger partial charge in [0.1, 0.15) is 5.75 Å². The van der Waals surface area contributed by atoms with E-state index in [0.717, 1.165) is 33.7 Å². The van der Waals surface area contributed by atoms with Crippen molar-refractivity contribution in [2.45, 2.75) is 23.5 Å². The molecule has 0 heterocycles. The average molecular weight is 577 g/mol. The van der Waals surface area contributed by atoms with E-state index in [-0.39, 0.29) is 10.8 Å². The van der Waals surface area contributed by atoms with Gasteiger partial charge in [-0.1, -0.05) is 53.5 Å². The van der Waals surface area contributed by atoms with E-state index < -0.39 is 30.0 Å². The van der Waals surface area contributed by atoms with Crippen LogP contribution in [0.2, 0.25) is 10.0 Å². The molecule has 0 bridgehead atoms. The number of hydrogen-bond donors (Lipinski definition) is 1. The van der Waals surface area contributed by atoms with Crippen LogP contribution in [0.15, 0.2) is 77.7 Å². The van der Waals surface area contributed by atoms with Gasteiger partial charge in [0.2, 0.25) is 0 Å². The standard InChI is InChI=1S/C29H21Cl2F3O3S/c1-16-11-20(9-10-26(16)37-15-28(35)36)38-27(14-21-22(30)3-2-4-23(21)31)18-7-5-17(6-8-18)19-12-24(32)29(34)25(33)13-19/h2-13,27H,14-15H2,1H3,(H,35,36). The van der Waals surface area contributed by atoms with Crippen molar-refractivity contribution in [3.8, 4) is 16.9 Å². The summed E-state index contributed by atoms with van der Waals surface area (Å²) in [5.41, 5.74) is 3.21. The van der Waals surface area contributed by atoms with Crippen LogP contribution in [0.25, 0.3) is 11.1 Å². The van der Waals surface area contributed by atoms with Crippen LogP contribution in [0.3, 0.4) is 0 Å². The summed E-state index contributed by atoms with van der Waals surface area (Å²) in [6.07, 6.45) is 0.485. The van der Waals surface area contributed by atoms with E-state index >= 15 is 0 Å². The van der Waals surface area contributed by atoms with Gasteiger partial charge in [0.25, 0.3) is 0 Å². The maximum Gasteiger partial charge on any atom is 0.341 e. The molecule has 0 aliphatic heterocycles. The van der Waals surface area contributed by atoms with Crippen LogP contribution in [-0.4, -0.2) is 17.7 Å². The van der Waals surface area contributed by atoms with Crippen molar-refractivity contribution in [2.75, 3.05) is 6.61 Å². The highest BCUT2D eigenvalue weighted by molar-refractivity contribution is 7.99. The molecule has 0 spiro atoms. The van der Waals surface area contributed by atoms with E-state index in [4.69, 9.17) is 33.0 Å². The van der Waals surface area contributed by atoms with Gasteiger partial charge in [-0.15, -0.1) is 11.8 Å². The van der Waals surface area contributed by atoms with Gasteiger partial charge < -0.3 is 9.84 Å². The van der Waals surface area contributed by atoms with Crippen molar-refractivity contribution in [3.05, 3.63) is 117 Å². The number of ether oxygens (including phenoxy) is 1. The third-order valence-corrected chi connectivity index (χ3v) is 7.78. The molecular weight excluding hydrogens is 556 g/mol. The summed E-state index contributed by atoms with van der Waals surface area (Å²) in [5.74, 6) is -4.60. The van der Waals surface area contributed by atoms with E-state index in [0.29, 0.717) is 27.8 Å². The lowest BCUT2D eigenvalue weighted by Gasteiger charge is -2.20. The van der Waals surface area contributed by atoms with Gasteiger partial charge in [-0.3, -0.25) is 0 Å². The first-order chi connectivity index (χ1) is 18.1. The van der Waals surface area contributed by atoms with Crippen LogP contribution >= 0.6 is 35.0 Å². The number of aryl methyl sites for hydroxylation is 1. The zero-order valence-corrected chi connectivity index (χ0v) is 22.3. The normalized spacial score (nSPS) is 11.8. The predicted octanol–water partition coefficient (Wildman–Crippen LogP) is 8.93. The Kier molecular flexibility index (Phi) is 8.92. The molecule has 0 fully saturated rings. The molecule has 0 amide bonds. The van der Waals surface area contributed by atoms with E-state index in [1.165, 1.54) is 0 Å². The van der Waals surface area contributed by atoms with Crippen molar-refractivity contribution in [2.24, 2.45) is 0 Å². The van der Waals surface area contributed by atoms with Crippen LogP contribution < -0.4 is 4.74 Å². The maximum absolute atomic E-state index is 13.8. The topological polar surface area (TPSA) is 46.5 Å². The molecular formula is C29H21Cl2F3O3S. The molecule has 0 saturated heterocycles. The summed E-state index contributed by atoms with van der Waals surface area (Å²) in [6.45, 7) is 1.39. The zero-order valence-electron chi connectivity index (χ0n) is 20.0. The number of carboxylic acids is 1. The fourth-order valence-corrected chi connectivity index (χ4v) is 5.73. The van der Waals surface area contributed by atoms with Crippen LogP contribution in [0, 0.1) is 24.4 Å². The molecule has 0 saturated carbocycles. The quantitative estimate of drug-likeness (QED) is 0.159. The number of benzene rings is 4. The first-order valence-corrected chi connectivity index (χ1v) is 13.1. The smallest absolute Gasteiger partial charge is 0.341 e. The number of carbonyl (C=O) groups is 1. The zero-order chi connectivity index (χ0) is 27.4. The van der Waals surface area contributed by atoms with Crippen molar-refractivity contribution in [3.63, 3.8) is 0 Å². The van der Waals surface area contributed by atoms with Crippen molar-refractivity contribution in [1.29, 1.82) is 0 Å². The lowest BCUT2D eigenvalue weighted by atomic mass is 9.99. The summed E-state index contributed by atoms with van der Waals surface area (Å²) >= 11 is 14.5. The molecule has 38 heavy (non-hydrogen) atoms. The van der Waals surface area contributed by atoms with E-state index in [1.807, 2.05) is 31.2 Å². The van der Waals surface area contributed by atoms with Gasteiger partial charge in [-0.05, 0) is 83.6 Å². The van der Waals surface area contributed by atoms with Crippen LogP contribution in [-0.2, 0) is 11.2 Å². The summed E-state index contributed by atoms with van der Waals surface area (Å²) in [7, 11) is 0. The Morgan fingerprint density at radius 2 is 1.55 bits per heavy atom. The molecule has 1 unspecified atom stereocenters. The number of halogens is 5. The van der Waals surface area contributed by atoms with Gasteiger partial charge in [0.05, 0.1) is 0 Å². The Bertz CT molecular complexity index is 1440. The van der Waals surface area contributed by atoms with Gasteiger partial charge >= 0.3 is 5.97 Å². The SMILES string of the molecule is Cc1cc(SC(Cc2c(Cl)cccc2Cl)c2ccc(-c3cc(F)c(F)c(F)c3)cc2)ccc1OCC(=O)O. The fraction of sp³-hybridized carbons (Fsp3) is 0.138. The largest absolute Gasteiger partial charge is 0.482 e. The summed E-state index contributed by atoms with van der Waals surface area (Å²) in [6, 6.07) is 19.8. The van der Waals surface area contributed by atoms with E-state index in [2.05, 4.69) is 0 Å². The fourth-order valence-electron chi connectivity index (χ4n) is 3.91. The van der Waals surface area contributed by atoms with Crippen LogP contribution in [0.1, 0.15) is 21.9 Å². The number of thioether (sulfide) groups is 1. The molecule has 0 radical (unpaired) electrons. The van der Waals surface area contributed by atoms with Crippen molar-refractivity contribution in [1.82, 2.24) is 0 Å². The molecule has 3 nitrogen and oxygen atoms in total. The second-order valence-corrected chi connectivity index (χ2v) is 10.6. The van der Waals surface area contributed by atoms with E-state index in [1.54, 1.807) is 48.2 Å². The maximum atomic E-state index is 13.8. The number of aliphatic carboxylic acids is 1. The van der Waals surface area contributed by atoms with Crippen LogP contribution in [0.4, 0.5) is 13.2 Å². The number of hydrogen-bond acceptors (Lipinski definition) is 3. The van der Waals surface area contributed by atoms with Crippen molar-refractivity contribution < 1.29 is 27.8 Å². The van der Waals surface area contributed by atoms with Crippen molar-refractivity contribution >= 4 is 40.9 Å². The Morgan fingerprint density at radius 3 is 2.13 bits per heavy atom. The molecule has 4 aromatic carbocycles. The molecule has 1 atom stereocenters. The molecule has 0 aliphatic carbocycles. The van der Waals surface area contributed by atoms with Crippen LogP contribution in [0.5, 0.6) is 5.75 Å². The Labute approximate surface area is 232 Å². The third kappa shape index (κ3) is 6.65. The minimum Gasteiger partial charge on any atom is -0.482 e. The number of carboxylic acid groups (broad SMARTS) is 1. The van der Waals surface area contributed by atoms with Gasteiger partial charge in [-0.2, -0.15) is 0 Å². The number of rotatable bonds is 9. The van der Waals surface area contributed by atoms with E-state index in [9.17, 15) is 18.0 Å². The molecule has 1 N–H and O–H groups in total. The summed E-state index contributed by atoms with van der Waals surface area (Å²) in [5, 5.41) is 9.78. The predicted molar refractivity (Wildman–Crippen MR) is 145 cm³/mol. The molecule has 0 aliphatic rings. The Balaban J connectivity index is 1.66. The first kappa shape index (κ1) is 27.9. The molecule has 196 valence electrons. The monoisotopic (exact) mass is 576 g/mol. The second kappa shape index (κ2) is 12.2. The molecule has 4 aromatic rings. The lowest BCUT2D eigenvalue weighted by Crippen LogP contribution is -2.10.